The number of hydrogen-bond acceptors (Lipinski definition) is 2. The van der Waals surface area contributed by atoms with E-state index in [2.05, 4.69) is 43.0 Å². The lowest BCUT2D eigenvalue weighted by Crippen LogP contribution is -2.25. The molecule has 2 nitrogen and oxygen atoms in total. The standard InChI is InChI=1S/C27H50N2/c1-3-5-7-9-11-13-15-17-23-29(27-21-19-26(25-28)20-22-27)24-18-16-14-12-10-8-6-4-2/h19-22H,3-18,23-25,28H2,1-2H3. The molecular weight excluding hydrogens is 352 g/mol. The van der Waals surface area contributed by atoms with Crippen molar-refractivity contribution < 1.29 is 0 Å². The van der Waals surface area contributed by atoms with Crippen LogP contribution in [0.25, 0.3) is 0 Å². The fourth-order valence-corrected chi connectivity index (χ4v) is 4.09. The maximum absolute atomic E-state index is 5.78. The van der Waals surface area contributed by atoms with Crippen molar-refractivity contribution in [2.75, 3.05) is 18.0 Å². The molecule has 0 heterocycles. The van der Waals surface area contributed by atoms with Crippen molar-refractivity contribution in [3.05, 3.63) is 29.8 Å². The van der Waals surface area contributed by atoms with Gasteiger partial charge in [-0.3, -0.25) is 0 Å². The van der Waals surface area contributed by atoms with Gasteiger partial charge in [0.1, 0.15) is 0 Å². The van der Waals surface area contributed by atoms with Crippen molar-refractivity contribution in [2.45, 2.75) is 123 Å². The second-order valence-electron chi connectivity index (χ2n) is 8.81. The van der Waals surface area contributed by atoms with Gasteiger partial charge in [-0.1, -0.05) is 116 Å². The first kappa shape index (κ1) is 26.0. The summed E-state index contributed by atoms with van der Waals surface area (Å²) in [5.74, 6) is 0. The van der Waals surface area contributed by atoms with Gasteiger partial charge in [-0.25, -0.2) is 0 Å². The highest BCUT2D eigenvalue weighted by Gasteiger charge is 2.06. The number of nitrogens with two attached hydrogens (primary N) is 1. The molecule has 0 aliphatic rings. The van der Waals surface area contributed by atoms with Gasteiger partial charge in [0.15, 0.2) is 0 Å². The summed E-state index contributed by atoms with van der Waals surface area (Å²) in [6.45, 7) is 7.62. The first-order valence-corrected chi connectivity index (χ1v) is 12.9. The minimum Gasteiger partial charge on any atom is -0.372 e. The summed E-state index contributed by atoms with van der Waals surface area (Å²) in [7, 11) is 0. The van der Waals surface area contributed by atoms with Crippen LogP contribution in [0.1, 0.15) is 122 Å². The molecule has 0 unspecified atom stereocenters. The van der Waals surface area contributed by atoms with E-state index in [9.17, 15) is 0 Å². The number of nitrogens with zero attached hydrogens (tertiary/aromatic N) is 1. The van der Waals surface area contributed by atoms with Gasteiger partial charge in [0.05, 0.1) is 0 Å². The number of hydrogen-bond donors (Lipinski definition) is 1. The summed E-state index contributed by atoms with van der Waals surface area (Å²) in [6, 6.07) is 8.95. The third kappa shape index (κ3) is 13.8. The van der Waals surface area contributed by atoms with E-state index in [1.165, 1.54) is 127 Å². The Bertz CT molecular complexity index is 434. The van der Waals surface area contributed by atoms with Crippen molar-refractivity contribution >= 4 is 5.69 Å². The molecule has 0 aliphatic heterocycles. The first-order chi connectivity index (χ1) is 14.3. The van der Waals surface area contributed by atoms with E-state index in [0.29, 0.717) is 6.54 Å². The average Bonchev–Trinajstić information content (AvgIpc) is 2.76. The molecule has 0 amide bonds. The zero-order chi connectivity index (χ0) is 21.0. The molecule has 2 heteroatoms. The molecule has 29 heavy (non-hydrogen) atoms. The lowest BCUT2D eigenvalue weighted by Gasteiger charge is -2.25. The van der Waals surface area contributed by atoms with Gasteiger partial charge in [-0.05, 0) is 30.5 Å². The molecule has 1 aromatic rings. The molecule has 0 saturated carbocycles. The largest absolute Gasteiger partial charge is 0.372 e. The molecule has 0 fully saturated rings. The fourth-order valence-electron chi connectivity index (χ4n) is 4.09. The second-order valence-corrected chi connectivity index (χ2v) is 8.81. The van der Waals surface area contributed by atoms with Crippen molar-refractivity contribution in [1.29, 1.82) is 0 Å². The maximum Gasteiger partial charge on any atom is 0.0366 e. The molecule has 0 aliphatic carbocycles. The minimum absolute atomic E-state index is 0.635. The van der Waals surface area contributed by atoms with E-state index >= 15 is 0 Å². The minimum atomic E-state index is 0.635. The van der Waals surface area contributed by atoms with E-state index in [1.54, 1.807) is 0 Å². The van der Waals surface area contributed by atoms with Crippen LogP contribution in [0.4, 0.5) is 5.69 Å². The Labute approximate surface area is 182 Å². The van der Waals surface area contributed by atoms with Gasteiger partial charge in [0.2, 0.25) is 0 Å². The van der Waals surface area contributed by atoms with Crippen LogP contribution >= 0.6 is 0 Å². The van der Waals surface area contributed by atoms with Gasteiger partial charge in [0, 0.05) is 25.3 Å². The number of rotatable bonds is 20. The van der Waals surface area contributed by atoms with Gasteiger partial charge in [-0.15, -0.1) is 0 Å². The third-order valence-corrected chi connectivity index (χ3v) is 6.10. The van der Waals surface area contributed by atoms with Crippen LogP contribution in [0.5, 0.6) is 0 Å². The normalized spacial score (nSPS) is 11.1. The zero-order valence-electron chi connectivity index (χ0n) is 19.8. The van der Waals surface area contributed by atoms with Crippen molar-refractivity contribution in [3.63, 3.8) is 0 Å². The van der Waals surface area contributed by atoms with E-state index in [4.69, 9.17) is 5.73 Å². The summed E-state index contributed by atoms with van der Waals surface area (Å²) in [4.78, 5) is 2.62. The van der Waals surface area contributed by atoms with Crippen LogP contribution in [-0.4, -0.2) is 13.1 Å². The van der Waals surface area contributed by atoms with Crippen LogP contribution in [-0.2, 0) is 6.54 Å². The van der Waals surface area contributed by atoms with Crippen molar-refractivity contribution in [2.24, 2.45) is 5.73 Å². The highest BCUT2D eigenvalue weighted by atomic mass is 15.1. The van der Waals surface area contributed by atoms with Crippen LogP contribution in [0.3, 0.4) is 0 Å². The van der Waals surface area contributed by atoms with E-state index in [1.807, 2.05) is 0 Å². The quantitative estimate of drug-likeness (QED) is 0.222. The lowest BCUT2D eigenvalue weighted by molar-refractivity contribution is 0.555. The van der Waals surface area contributed by atoms with E-state index in [0.717, 1.165) is 0 Å². The monoisotopic (exact) mass is 402 g/mol. The Kier molecular flexibility index (Phi) is 17.0. The van der Waals surface area contributed by atoms with Crippen LogP contribution in [0, 0.1) is 0 Å². The number of benzene rings is 1. The van der Waals surface area contributed by atoms with Crippen LogP contribution in [0.2, 0.25) is 0 Å². The van der Waals surface area contributed by atoms with Crippen LogP contribution in [0.15, 0.2) is 24.3 Å². The summed E-state index contributed by atoms with van der Waals surface area (Å²) in [5.41, 5.74) is 8.39. The molecular formula is C27H50N2. The molecule has 2 N–H and O–H groups in total. The van der Waals surface area contributed by atoms with Gasteiger partial charge < -0.3 is 10.6 Å². The second kappa shape index (κ2) is 19.0. The molecule has 0 radical (unpaired) electrons. The van der Waals surface area contributed by atoms with Crippen molar-refractivity contribution in [1.82, 2.24) is 0 Å². The number of anilines is 1. The summed E-state index contributed by atoms with van der Waals surface area (Å²) in [6.07, 6.45) is 22.3. The van der Waals surface area contributed by atoms with Crippen molar-refractivity contribution in [3.8, 4) is 0 Å². The number of unbranched alkanes of at least 4 members (excludes halogenated alkanes) is 14. The predicted molar refractivity (Wildman–Crippen MR) is 132 cm³/mol. The predicted octanol–water partition coefficient (Wildman–Crippen LogP) is 8.23. The highest BCUT2D eigenvalue weighted by Crippen LogP contribution is 2.19. The molecule has 1 aromatic carbocycles. The molecule has 0 bridgehead atoms. The Hall–Kier alpha value is -1.02. The maximum atomic E-state index is 5.78. The van der Waals surface area contributed by atoms with E-state index in [-0.39, 0.29) is 0 Å². The Morgan fingerprint density at radius 1 is 0.552 bits per heavy atom. The molecule has 0 saturated heterocycles. The molecule has 1 rings (SSSR count). The van der Waals surface area contributed by atoms with Gasteiger partial charge >= 0.3 is 0 Å². The van der Waals surface area contributed by atoms with E-state index < -0.39 is 0 Å². The Balaban J connectivity index is 2.30. The average molecular weight is 403 g/mol. The topological polar surface area (TPSA) is 29.3 Å². The molecule has 0 spiro atoms. The lowest BCUT2D eigenvalue weighted by atomic mass is 10.1. The summed E-state index contributed by atoms with van der Waals surface area (Å²) >= 11 is 0. The third-order valence-electron chi connectivity index (χ3n) is 6.10. The fraction of sp³-hybridized carbons (Fsp3) is 0.778. The molecule has 0 aromatic heterocycles. The highest BCUT2D eigenvalue weighted by molar-refractivity contribution is 5.47. The summed E-state index contributed by atoms with van der Waals surface area (Å²) < 4.78 is 0. The van der Waals surface area contributed by atoms with Crippen LogP contribution < -0.4 is 10.6 Å². The molecule has 168 valence electrons. The first-order valence-electron chi connectivity index (χ1n) is 12.9. The van der Waals surface area contributed by atoms with Gasteiger partial charge in [0.25, 0.3) is 0 Å². The zero-order valence-corrected chi connectivity index (χ0v) is 19.8. The Morgan fingerprint density at radius 2 is 0.931 bits per heavy atom. The Morgan fingerprint density at radius 3 is 1.31 bits per heavy atom. The SMILES string of the molecule is CCCCCCCCCCN(CCCCCCCCCC)c1ccc(CN)cc1. The smallest absolute Gasteiger partial charge is 0.0366 e. The van der Waals surface area contributed by atoms with Gasteiger partial charge in [-0.2, -0.15) is 0 Å². The molecule has 0 atom stereocenters. The summed E-state index contributed by atoms with van der Waals surface area (Å²) in [5, 5.41) is 0.